The Bertz CT molecular complexity index is 1550. The maximum Gasteiger partial charge on any atom is 0.282 e. The van der Waals surface area contributed by atoms with Crippen molar-refractivity contribution in [3.63, 3.8) is 0 Å². The largest absolute Gasteiger partial charge is 0.490 e. The maximum absolute atomic E-state index is 13.2. The van der Waals surface area contributed by atoms with Crippen molar-refractivity contribution >= 4 is 61.3 Å². The van der Waals surface area contributed by atoms with Crippen LogP contribution >= 0.6 is 38.5 Å². The number of hydrogen-bond donors (Lipinski definition) is 0. The molecule has 3 aromatic carbocycles. The summed E-state index contributed by atoms with van der Waals surface area (Å²) >= 11 is 5.56. The quantitative estimate of drug-likeness (QED) is 0.0919. The lowest BCUT2D eigenvalue weighted by Gasteiger charge is -2.15. The van der Waals surface area contributed by atoms with Crippen LogP contribution in [0, 0.1) is 13.7 Å². The molecule has 0 N–H and O–H groups in total. The van der Waals surface area contributed by atoms with E-state index in [1.54, 1.807) is 36.5 Å². The van der Waals surface area contributed by atoms with Crippen LogP contribution in [0.3, 0.4) is 0 Å². The average Bonchev–Trinajstić information content (AvgIpc) is 2.88. The molecule has 1 aromatic heterocycles. The monoisotopic (exact) mass is 676 g/mol. The van der Waals surface area contributed by atoms with Crippen LogP contribution in [-0.2, 0) is 13.0 Å². The number of halogens is 2. The van der Waals surface area contributed by atoms with Crippen LogP contribution in [-0.4, -0.2) is 27.4 Å². The van der Waals surface area contributed by atoms with Crippen LogP contribution in [0.4, 0.5) is 5.69 Å². The second kappa shape index (κ2) is 11.8. The minimum absolute atomic E-state index is 0.0246. The fourth-order valence-electron chi connectivity index (χ4n) is 3.60. The molecule has 9 nitrogen and oxygen atoms in total. The molecule has 0 aliphatic heterocycles. The van der Waals surface area contributed by atoms with E-state index in [4.69, 9.17) is 9.47 Å². The van der Waals surface area contributed by atoms with Gasteiger partial charge in [0.2, 0.25) is 0 Å². The third-order valence-corrected chi connectivity index (χ3v) is 6.67. The van der Waals surface area contributed by atoms with E-state index < -0.39 is 4.92 Å². The molecule has 0 unspecified atom stereocenters. The molecule has 0 bridgehead atoms. The number of hydrogen-bond acceptors (Lipinski definition) is 7. The second-order valence-corrected chi connectivity index (χ2v) is 9.96. The minimum Gasteiger partial charge on any atom is -0.490 e. The van der Waals surface area contributed by atoms with Gasteiger partial charge in [0.05, 0.1) is 32.2 Å². The molecular formula is C26H22BrIN4O5. The molecule has 0 saturated heterocycles. The Labute approximate surface area is 234 Å². The van der Waals surface area contributed by atoms with Gasteiger partial charge in [-0.25, -0.2) is 4.98 Å². The molecule has 4 aromatic rings. The van der Waals surface area contributed by atoms with Crippen LogP contribution in [0.2, 0.25) is 0 Å². The van der Waals surface area contributed by atoms with E-state index >= 15 is 0 Å². The number of non-ortho nitro benzene ring substituents is 1. The predicted octanol–water partition coefficient (Wildman–Crippen LogP) is 6.09. The number of aromatic nitrogens is 2. The van der Waals surface area contributed by atoms with Gasteiger partial charge in [0.25, 0.3) is 11.2 Å². The summed E-state index contributed by atoms with van der Waals surface area (Å²) < 4.78 is 14.7. The predicted molar refractivity (Wildman–Crippen MR) is 154 cm³/mol. The Kier molecular flexibility index (Phi) is 8.54. The summed E-state index contributed by atoms with van der Waals surface area (Å²) in [5, 5.41) is 15.8. The summed E-state index contributed by atoms with van der Waals surface area (Å²) in [6, 6.07) is 15.3. The molecule has 0 aliphatic carbocycles. The van der Waals surface area contributed by atoms with E-state index in [0.29, 0.717) is 41.3 Å². The molecular weight excluding hydrogens is 655 g/mol. The van der Waals surface area contributed by atoms with Crippen LogP contribution in [0.25, 0.3) is 10.9 Å². The zero-order valence-electron chi connectivity index (χ0n) is 20.0. The Morgan fingerprint density at radius 3 is 2.57 bits per heavy atom. The molecule has 4 rings (SSSR count). The molecule has 0 spiro atoms. The highest BCUT2D eigenvalue weighted by Gasteiger charge is 2.14. The number of ether oxygens (including phenoxy) is 2. The third-order valence-electron chi connectivity index (χ3n) is 5.38. The number of aryl methyl sites for hydroxylation is 1. The highest BCUT2D eigenvalue weighted by atomic mass is 127. The third kappa shape index (κ3) is 6.16. The van der Waals surface area contributed by atoms with E-state index in [1.165, 1.54) is 16.8 Å². The van der Waals surface area contributed by atoms with E-state index in [2.05, 4.69) is 48.6 Å². The Hall–Kier alpha value is -3.32. The summed E-state index contributed by atoms with van der Waals surface area (Å²) in [4.78, 5) is 28.2. The van der Waals surface area contributed by atoms with E-state index in [9.17, 15) is 14.9 Å². The Morgan fingerprint density at radius 1 is 1.14 bits per heavy atom. The summed E-state index contributed by atoms with van der Waals surface area (Å²) in [5.41, 5.74) is 1.91. The summed E-state index contributed by atoms with van der Waals surface area (Å²) in [5.74, 6) is 1.64. The lowest BCUT2D eigenvalue weighted by molar-refractivity contribution is -0.384. The molecule has 37 heavy (non-hydrogen) atoms. The number of fused-ring (bicyclic) bond motifs is 1. The van der Waals surface area contributed by atoms with Crippen molar-refractivity contribution in [3.05, 3.63) is 100 Å². The smallest absolute Gasteiger partial charge is 0.282 e. The van der Waals surface area contributed by atoms with Crippen molar-refractivity contribution in [3.8, 4) is 11.5 Å². The van der Waals surface area contributed by atoms with Crippen molar-refractivity contribution in [1.82, 2.24) is 9.66 Å². The van der Waals surface area contributed by atoms with Gasteiger partial charge in [-0.05, 0) is 83.1 Å². The molecule has 190 valence electrons. The first-order chi connectivity index (χ1) is 17.8. The molecule has 11 heteroatoms. The zero-order valence-corrected chi connectivity index (χ0v) is 23.7. The number of nitrogens with zero attached hydrogens (tertiary/aromatic N) is 4. The highest BCUT2D eigenvalue weighted by molar-refractivity contribution is 14.1. The van der Waals surface area contributed by atoms with Gasteiger partial charge in [-0.2, -0.15) is 9.78 Å². The number of nitro groups is 1. The fourth-order valence-corrected chi connectivity index (χ4v) is 4.74. The minimum atomic E-state index is -0.439. The standard InChI is InChI=1S/C26H22BrIN4O5/c1-3-24-30-22-10-7-18(27)13-20(22)26(33)31(24)29-14-17-11-21(28)25(23(12-17)36-4-2)37-15-16-5-8-19(9-6-16)32(34)35/h5-14H,3-4,15H2,1-2H3. The summed E-state index contributed by atoms with van der Waals surface area (Å²) in [6.45, 7) is 4.44. The van der Waals surface area contributed by atoms with E-state index in [-0.39, 0.29) is 17.9 Å². The first-order valence-electron chi connectivity index (χ1n) is 11.4. The Morgan fingerprint density at radius 2 is 1.89 bits per heavy atom. The van der Waals surface area contributed by atoms with Crippen molar-refractivity contribution in [2.75, 3.05) is 6.61 Å². The van der Waals surface area contributed by atoms with Gasteiger partial charge in [0.15, 0.2) is 11.5 Å². The number of benzene rings is 3. The summed E-state index contributed by atoms with van der Waals surface area (Å²) in [7, 11) is 0. The average molecular weight is 677 g/mol. The van der Waals surface area contributed by atoms with Gasteiger partial charge in [-0.1, -0.05) is 22.9 Å². The van der Waals surface area contributed by atoms with Gasteiger partial charge in [0, 0.05) is 23.0 Å². The number of rotatable bonds is 9. The molecule has 0 atom stereocenters. The van der Waals surface area contributed by atoms with Crippen LogP contribution in [0.5, 0.6) is 11.5 Å². The fraction of sp³-hybridized carbons (Fsp3) is 0.192. The summed E-state index contributed by atoms with van der Waals surface area (Å²) in [6.07, 6.45) is 2.13. The lowest BCUT2D eigenvalue weighted by Crippen LogP contribution is -2.22. The van der Waals surface area contributed by atoms with Crippen LogP contribution in [0.15, 0.2) is 69.0 Å². The van der Waals surface area contributed by atoms with Crippen molar-refractivity contribution in [2.45, 2.75) is 26.9 Å². The molecule has 0 fully saturated rings. The molecule has 0 saturated carbocycles. The lowest BCUT2D eigenvalue weighted by atomic mass is 10.2. The van der Waals surface area contributed by atoms with Crippen LogP contribution < -0.4 is 15.0 Å². The zero-order chi connectivity index (χ0) is 26.5. The molecule has 0 aliphatic rings. The highest BCUT2D eigenvalue weighted by Crippen LogP contribution is 2.34. The maximum atomic E-state index is 13.2. The van der Waals surface area contributed by atoms with Crippen molar-refractivity contribution < 1.29 is 14.4 Å². The van der Waals surface area contributed by atoms with Gasteiger partial charge in [-0.15, -0.1) is 0 Å². The van der Waals surface area contributed by atoms with Gasteiger partial charge >= 0.3 is 0 Å². The first-order valence-corrected chi connectivity index (χ1v) is 13.3. The molecule has 0 radical (unpaired) electrons. The molecule has 0 amide bonds. The van der Waals surface area contributed by atoms with Crippen LogP contribution in [0.1, 0.15) is 30.8 Å². The SMILES string of the molecule is CCOc1cc(C=Nn2c(CC)nc3ccc(Br)cc3c2=O)cc(I)c1OCc1ccc([N+](=O)[O-])cc1. The molecule has 1 heterocycles. The van der Waals surface area contributed by atoms with Gasteiger partial charge in [-0.3, -0.25) is 14.9 Å². The topological polar surface area (TPSA) is 109 Å². The van der Waals surface area contributed by atoms with Crippen molar-refractivity contribution in [2.24, 2.45) is 5.10 Å². The van der Waals surface area contributed by atoms with E-state index in [0.717, 1.165) is 19.2 Å². The normalized spacial score (nSPS) is 11.2. The van der Waals surface area contributed by atoms with Crippen molar-refractivity contribution in [1.29, 1.82) is 0 Å². The second-order valence-electron chi connectivity index (χ2n) is 7.88. The Balaban J connectivity index is 1.64. The van der Waals surface area contributed by atoms with E-state index in [1.807, 2.05) is 26.0 Å². The van der Waals surface area contributed by atoms with Gasteiger partial charge in [0.1, 0.15) is 12.4 Å². The first kappa shape index (κ1) is 26.7. The van der Waals surface area contributed by atoms with Gasteiger partial charge < -0.3 is 9.47 Å². The number of nitro benzene ring substituents is 1.